The van der Waals surface area contributed by atoms with Gasteiger partial charge in [0.15, 0.2) is 0 Å². The average Bonchev–Trinajstić information content (AvgIpc) is 2.26. The zero-order valence-electron chi connectivity index (χ0n) is 10.9. The van der Waals surface area contributed by atoms with Crippen LogP contribution < -0.4 is 0 Å². The number of hydrogen-bond acceptors (Lipinski definition) is 2. The molecule has 0 aromatic heterocycles. The minimum absolute atomic E-state index is 0.418. The third-order valence-electron chi connectivity index (χ3n) is 2.29. The molecule has 4 heteroatoms. The lowest BCUT2D eigenvalue weighted by Crippen LogP contribution is -2.43. The third-order valence-corrected chi connectivity index (χ3v) is 3.71. The number of rotatable bonds is 4. The zero-order chi connectivity index (χ0) is 13.1. The molecule has 0 aliphatic heterocycles. The lowest BCUT2D eigenvalue weighted by atomic mass is 10.1. The molecule has 0 saturated heterocycles. The van der Waals surface area contributed by atoms with Gasteiger partial charge >= 0.3 is 0 Å². The van der Waals surface area contributed by atoms with Crippen molar-refractivity contribution in [2.24, 2.45) is 0 Å². The molecule has 0 fully saturated rings. The lowest BCUT2D eigenvalue weighted by molar-refractivity contribution is -0.124. The summed E-state index contributed by atoms with van der Waals surface area (Å²) in [5.41, 5.74) is 0.458. The van der Waals surface area contributed by atoms with Crippen molar-refractivity contribution in [1.29, 1.82) is 0 Å². The maximum absolute atomic E-state index is 11.9. The molecule has 92 valence electrons. The van der Waals surface area contributed by atoms with E-state index in [0.29, 0.717) is 11.7 Å². The van der Waals surface area contributed by atoms with Crippen LogP contribution in [0, 0.1) is 0 Å². The molecule has 1 aromatic rings. The second-order valence-electron chi connectivity index (χ2n) is 5.42. The van der Waals surface area contributed by atoms with Crippen molar-refractivity contribution < 1.29 is 9.59 Å². The first-order valence-electron chi connectivity index (χ1n) is 5.66. The van der Waals surface area contributed by atoms with Crippen LogP contribution in [-0.2, 0) is 4.79 Å². The predicted octanol–water partition coefficient (Wildman–Crippen LogP) is 2.21. The molecule has 0 atom stereocenters. The van der Waals surface area contributed by atoms with Gasteiger partial charge in [0.25, 0.3) is 5.91 Å². The molecule has 0 N–H and O–H groups in total. The predicted molar refractivity (Wildman–Crippen MR) is 71.8 cm³/mol. The Balaban J connectivity index is 2.74. The molecule has 1 amide bonds. The number of Topliss-reactive ketones (excluding diaryl/α,β-unsaturated/α-hetero) is 1. The summed E-state index contributed by atoms with van der Waals surface area (Å²) in [5, 5.41) is 0. The van der Waals surface area contributed by atoms with Gasteiger partial charge < -0.3 is 4.90 Å². The Bertz CT molecular complexity index is 409. The van der Waals surface area contributed by atoms with E-state index in [0.717, 1.165) is 0 Å². The van der Waals surface area contributed by atoms with Gasteiger partial charge in [-0.05, 0) is 0 Å². The topological polar surface area (TPSA) is 37.4 Å². The largest absolute Gasteiger partial charge is 0.342 e. The highest BCUT2D eigenvalue weighted by atomic mass is 28.3. The van der Waals surface area contributed by atoms with E-state index in [-0.39, 0.29) is 0 Å². The van der Waals surface area contributed by atoms with Crippen LogP contribution in [0.25, 0.3) is 0 Å². The lowest BCUT2D eigenvalue weighted by Gasteiger charge is -2.24. The van der Waals surface area contributed by atoms with Crippen LogP contribution in [0.5, 0.6) is 0 Å². The Hall–Kier alpha value is -1.42. The van der Waals surface area contributed by atoms with Crippen molar-refractivity contribution in [3.8, 4) is 0 Å². The number of amides is 1. The van der Waals surface area contributed by atoms with Gasteiger partial charge in [-0.3, -0.25) is 9.59 Å². The van der Waals surface area contributed by atoms with Crippen molar-refractivity contribution in [1.82, 2.24) is 4.90 Å². The minimum Gasteiger partial charge on any atom is -0.342 e. The van der Waals surface area contributed by atoms with E-state index in [1.807, 2.05) is 6.07 Å². The third kappa shape index (κ3) is 4.15. The van der Waals surface area contributed by atoms with E-state index in [1.54, 1.807) is 36.2 Å². The molecule has 0 heterocycles. The summed E-state index contributed by atoms with van der Waals surface area (Å²) >= 11 is 0. The molecule has 1 rings (SSSR count). The number of hydrogen-bond donors (Lipinski definition) is 0. The highest BCUT2D eigenvalue weighted by molar-refractivity contribution is 6.76. The van der Waals surface area contributed by atoms with Gasteiger partial charge in [0, 0.05) is 18.8 Å². The number of ketones is 1. The number of likely N-dealkylation sites (N-methyl/N-ethyl adjacent to an activating group) is 1. The van der Waals surface area contributed by atoms with Gasteiger partial charge in [-0.15, -0.1) is 0 Å². The van der Waals surface area contributed by atoms with Crippen LogP contribution in [0.4, 0.5) is 0 Å². The summed E-state index contributed by atoms with van der Waals surface area (Å²) in [4.78, 5) is 25.4. The quantitative estimate of drug-likeness (QED) is 0.466. The zero-order valence-corrected chi connectivity index (χ0v) is 11.9. The normalized spacial score (nSPS) is 11.1. The van der Waals surface area contributed by atoms with E-state index in [1.165, 1.54) is 0 Å². The standard InChI is InChI=1S/C13H19NO2Si/c1-14(10-17(2,3)4)13(16)12(15)11-8-6-5-7-9-11/h5-9H,10H2,1-4H3. The first-order valence-corrected chi connectivity index (χ1v) is 9.37. The molecular weight excluding hydrogens is 230 g/mol. The van der Waals surface area contributed by atoms with Crippen LogP contribution in [0.2, 0.25) is 19.6 Å². The second-order valence-corrected chi connectivity index (χ2v) is 10.9. The Morgan fingerprint density at radius 1 is 1.12 bits per heavy atom. The molecular formula is C13H19NO2Si. The minimum atomic E-state index is -1.38. The van der Waals surface area contributed by atoms with E-state index in [9.17, 15) is 9.59 Å². The molecule has 0 aliphatic rings. The molecule has 0 spiro atoms. The van der Waals surface area contributed by atoms with Crippen LogP contribution in [0.1, 0.15) is 10.4 Å². The Kier molecular flexibility index (Phi) is 4.23. The maximum Gasteiger partial charge on any atom is 0.294 e. The fourth-order valence-corrected chi connectivity index (χ4v) is 3.24. The summed E-state index contributed by atoms with van der Waals surface area (Å²) in [6.45, 7) is 6.51. The number of benzene rings is 1. The molecule has 3 nitrogen and oxygen atoms in total. The van der Waals surface area contributed by atoms with E-state index in [4.69, 9.17) is 0 Å². The van der Waals surface area contributed by atoms with Crippen molar-refractivity contribution in [3.05, 3.63) is 35.9 Å². The van der Waals surface area contributed by atoms with Gasteiger partial charge in [-0.25, -0.2) is 0 Å². The molecule has 1 aromatic carbocycles. The smallest absolute Gasteiger partial charge is 0.294 e. The van der Waals surface area contributed by atoms with Crippen LogP contribution in [-0.4, -0.2) is 37.9 Å². The van der Waals surface area contributed by atoms with Gasteiger partial charge in [0.1, 0.15) is 0 Å². The molecule has 17 heavy (non-hydrogen) atoms. The summed E-state index contributed by atoms with van der Waals surface area (Å²) in [6.07, 6.45) is 0.699. The number of nitrogens with zero attached hydrogens (tertiary/aromatic N) is 1. The van der Waals surface area contributed by atoms with E-state index >= 15 is 0 Å². The van der Waals surface area contributed by atoms with Gasteiger partial charge in [-0.1, -0.05) is 50.0 Å². The van der Waals surface area contributed by atoms with Crippen LogP contribution in [0.3, 0.4) is 0 Å². The van der Waals surface area contributed by atoms with Gasteiger partial charge in [-0.2, -0.15) is 0 Å². The Morgan fingerprint density at radius 3 is 2.12 bits per heavy atom. The fourth-order valence-electron chi connectivity index (χ4n) is 1.67. The molecule has 0 radical (unpaired) electrons. The molecule has 0 saturated carbocycles. The number of carbonyl (C=O) groups is 2. The van der Waals surface area contributed by atoms with Crippen LogP contribution >= 0.6 is 0 Å². The van der Waals surface area contributed by atoms with Gasteiger partial charge in [0.2, 0.25) is 5.78 Å². The summed E-state index contributed by atoms with van der Waals surface area (Å²) in [6, 6.07) is 8.69. The summed E-state index contributed by atoms with van der Waals surface area (Å²) in [7, 11) is 0.319. The van der Waals surface area contributed by atoms with E-state index in [2.05, 4.69) is 19.6 Å². The highest BCUT2D eigenvalue weighted by Crippen LogP contribution is 2.06. The SMILES string of the molecule is CN(C[Si](C)(C)C)C(=O)C(=O)c1ccccc1. The maximum atomic E-state index is 11.9. The van der Waals surface area contributed by atoms with Crippen molar-refractivity contribution in [2.45, 2.75) is 19.6 Å². The van der Waals surface area contributed by atoms with Crippen LogP contribution in [0.15, 0.2) is 30.3 Å². The van der Waals surface area contributed by atoms with Gasteiger partial charge in [0.05, 0.1) is 8.07 Å². The molecule has 0 bridgehead atoms. The van der Waals surface area contributed by atoms with Crippen molar-refractivity contribution in [3.63, 3.8) is 0 Å². The fraction of sp³-hybridized carbons (Fsp3) is 0.385. The molecule has 0 unspecified atom stereocenters. The first kappa shape index (κ1) is 13.6. The highest BCUT2D eigenvalue weighted by Gasteiger charge is 2.24. The molecule has 0 aliphatic carbocycles. The summed E-state index contributed by atoms with van der Waals surface area (Å²) in [5.74, 6) is -0.843. The summed E-state index contributed by atoms with van der Waals surface area (Å²) < 4.78 is 0. The van der Waals surface area contributed by atoms with Crippen molar-refractivity contribution >= 4 is 19.8 Å². The van der Waals surface area contributed by atoms with E-state index < -0.39 is 19.8 Å². The Labute approximate surface area is 103 Å². The number of carbonyl (C=O) groups excluding carboxylic acids is 2. The second kappa shape index (κ2) is 5.27. The first-order chi connectivity index (χ1) is 7.81. The average molecular weight is 249 g/mol. The Morgan fingerprint density at radius 2 is 1.65 bits per heavy atom. The van der Waals surface area contributed by atoms with Crippen molar-refractivity contribution in [2.75, 3.05) is 13.2 Å². The monoisotopic (exact) mass is 249 g/mol.